The predicted molar refractivity (Wildman–Crippen MR) is 107 cm³/mol. The molecule has 2 aromatic carbocycles. The third-order valence-corrected chi connectivity index (χ3v) is 6.07. The fourth-order valence-corrected chi connectivity index (χ4v) is 4.56. The van der Waals surface area contributed by atoms with Gasteiger partial charge in [-0.25, -0.2) is 13.1 Å². The molecule has 0 fully saturated rings. The molecule has 3 rings (SSSR count). The molecule has 0 radical (unpaired) electrons. The van der Waals surface area contributed by atoms with E-state index in [4.69, 9.17) is 4.74 Å². The first-order chi connectivity index (χ1) is 12.8. The Balaban J connectivity index is 2.12. The molecule has 0 aliphatic rings. The monoisotopic (exact) mass is 451 g/mol. The molecule has 1 heterocycles. The van der Waals surface area contributed by atoms with Gasteiger partial charge < -0.3 is 4.74 Å². The van der Waals surface area contributed by atoms with Crippen LogP contribution in [0.5, 0.6) is 5.75 Å². The first-order valence-electron chi connectivity index (χ1n) is 7.96. The lowest BCUT2D eigenvalue weighted by Crippen LogP contribution is -2.23. The van der Waals surface area contributed by atoms with E-state index in [1.54, 1.807) is 55.1 Å². The van der Waals surface area contributed by atoms with Crippen molar-refractivity contribution < 1.29 is 13.2 Å². The molecule has 9 heteroatoms. The maximum Gasteiger partial charge on any atom is 0.296 e. The minimum atomic E-state index is -4.04. The number of nitrogens with zero attached hydrogens (tertiary/aromatic N) is 2. The number of methoxy groups -OCH3 is 1. The Morgan fingerprint density at radius 1 is 1.11 bits per heavy atom. The van der Waals surface area contributed by atoms with Gasteiger partial charge in [-0.2, -0.15) is 0 Å². The van der Waals surface area contributed by atoms with Gasteiger partial charge in [-0.3, -0.25) is 14.2 Å². The number of anilines is 1. The number of para-hydroxylation sites is 1. The van der Waals surface area contributed by atoms with E-state index >= 15 is 0 Å². The Kier molecular flexibility index (Phi) is 5.16. The van der Waals surface area contributed by atoms with E-state index in [-0.39, 0.29) is 16.3 Å². The topological polar surface area (TPSA) is 82.3 Å². The highest BCUT2D eigenvalue weighted by molar-refractivity contribution is 9.10. The van der Waals surface area contributed by atoms with E-state index in [1.807, 2.05) is 6.07 Å². The molecule has 0 aliphatic carbocycles. The van der Waals surface area contributed by atoms with Gasteiger partial charge in [0.05, 0.1) is 18.5 Å². The van der Waals surface area contributed by atoms with Crippen molar-refractivity contribution in [1.29, 1.82) is 0 Å². The average molecular weight is 452 g/mol. The highest BCUT2D eigenvalue weighted by Gasteiger charge is 2.25. The van der Waals surface area contributed by atoms with Gasteiger partial charge in [0.15, 0.2) is 0 Å². The van der Waals surface area contributed by atoms with Crippen molar-refractivity contribution in [2.45, 2.75) is 11.8 Å². The van der Waals surface area contributed by atoms with E-state index in [2.05, 4.69) is 20.7 Å². The molecule has 0 atom stereocenters. The van der Waals surface area contributed by atoms with Gasteiger partial charge in [0.2, 0.25) is 0 Å². The lowest BCUT2D eigenvalue weighted by Gasteiger charge is -2.11. The van der Waals surface area contributed by atoms with Gasteiger partial charge in [0, 0.05) is 11.5 Å². The van der Waals surface area contributed by atoms with Crippen LogP contribution in [0.2, 0.25) is 0 Å². The summed E-state index contributed by atoms with van der Waals surface area (Å²) in [6.45, 7) is 1.68. The summed E-state index contributed by atoms with van der Waals surface area (Å²) in [5, 5.41) is 0. The van der Waals surface area contributed by atoms with Crippen LogP contribution in [-0.2, 0) is 17.1 Å². The molecule has 0 spiro atoms. The summed E-state index contributed by atoms with van der Waals surface area (Å²) in [6.07, 6.45) is 0. The van der Waals surface area contributed by atoms with Crippen LogP contribution in [-0.4, -0.2) is 24.9 Å². The summed E-state index contributed by atoms with van der Waals surface area (Å²) in [6, 6.07) is 13.6. The number of ether oxygens (including phenoxy) is 1. The fraction of sp³-hybridized carbons (Fsp3) is 0.167. The normalized spacial score (nSPS) is 11.4. The number of halogens is 1. The molecule has 0 amide bonds. The highest BCUT2D eigenvalue weighted by atomic mass is 79.9. The number of nitrogens with one attached hydrogen (secondary N) is 1. The van der Waals surface area contributed by atoms with Crippen LogP contribution in [0.1, 0.15) is 5.69 Å². The summed E-state index contributed by atoms with van der Waals surface area (Å²) >= 11 is 3.26. The highest BCUT2D eigenvalue weighted by Crippen LogP contribution is 2.29. The Hall–Kier alpha value is -2.52. The minimum Gasteiger partial charge on any atom is -0.495 e. The second kappa shape index (κ2) is 7.24. The van der Waals surface area contributed by atoms with Crippen molar-refractivity contribution in [2.24, 2.45) is 7.05 Å². The van der Waals surface area contributed by atoms with Gasteiger partial charge in [-0.15, -0.1) is 0 Å². The van der Waals surface area contributed by atoms with Crippen LogP contribution in [0.15, 0.2) is 62.7 Å². The Bertz CT molecular complexity index is 1150. The van der Waals surface area contributed by atoms with Crippen molar-refractivity contribution in [3.05, 3.63) is 69.1 Å². The van der Waals surface area contributed by atoms with Gasteiger partial charge in [0.1, 0.15) is 16.3 Å². The number of benzene rings is 2. The molecule has 0 unspecified atom stereocenters. The second-order valence-corrected chi connectivity index (χ2v) is 8.40. The second-order valence-electron chi connectivity index (χ2n) is 5.84. The summed E-state index contributed by atoms with van der Waals surface area (Å²) in [5.41, 5.74) is 0.655. The number of rotatable bonds is 5. The van der Waals surface area contributed by atoms with Crippen LogP contribution in [0, 0.1) is 6.92 Å². The molecule has 1 N–H and O–H groups in total. The fourth-order valence-electron chi connectivity index (χ4n) is 2.74. The molecule has 27 heavy (non-hydrogen) atoms. The predicted octanol–water partition coefficient (Wildman–Crippen LogP) is 3.06. The van der Waals surface area contributed by atoms with Crippen molar-refractivity contribution in [1.82, 2.24) is 9.36 Å². The molecule has 142 valence electrons. The van der Waals surface area contributed by atoms with Crippen LogP contribution in [0.25, 0.3) is 5.69 Å². The average Bonchev–Trinajstić information content (AvgIpc) is 2.85. The summed E-state index contributed by atoms with van der Waals surface area (Å²) in [4.78, 5) is 12.9. The lowest BCUT2D eigenvalue weighted by molar-refractivity contribution is 0.403. The number of sulfonamides is 1. The maximum absolute atomic E-state index is 12.9. The molecular formula is C18H18BrN3O4S. The summed E-state index contributed by atoms with van der Waals surface area (Å²) in [7, 11) is -0.958. The maximum atomic E-state index is 12.9. The standard InChI is InChI=1S/C18H18BrN3O4S/c1-12-17(18(23)22(21(12)2)14-7-5-4-6-8-14)20-27(24,25)16-11-13(19)9-10-15(16)26-3/h4-11,20H,1-3H3. The van der Waals surface area contributed by atoms with Crippen LogP contribution >= 0.6 is 15.9 Å². The van der Waals surface area contributed by atoms with E-state index in [0.717, 1.165) is 0 Å². The minimum absolute atomic E-state index is 0.0108. The van der Waals surface area contributed by atoms with Gasteiger partial charge in [0.25, 0.3) is 15.6 Å². The number of hydrogen-bond donors (Lipinski definition) is 1. The SMILES string of the molecule is COc1ccc(Br)cc1S(=O)(=O)Nc1c(C)n(C)n(-c2ccccc2)c1=O. The van der Waals surface area contributed by atoms with Crippen molar-refractivity contribution in [2.75, 3.05) is 11.8 Å². The van der Waals surface area contributed by atoms with Crippen molar-refractivity contribution >= 4 is 31.6 Å². The molecule has 0 aliphatic heterocycles. The first kappa shape index (κ1) is 19.2. The molecule has 0 saturated carbocycles. The first-order valence-corrected chi connectivity index (χ1v) is 10.2. The zero-order chi connectivity index (χ0) is 19.8. The van der Waals surface area contributed by atoms with E-state index in [0.29, 0.717) is 15.9 Å². The largest absolute Gasteiger partial charge is 0.495 e. The zero-order valence-electron chi connectivity index (χ0n) is 14.9. The Morgan fingerprint density at radius 2 is 1.78 bits per heavy atom. The van der Waals surface area contributed by atoms with Crippen LogP contribution < -0.4 is 15.0 Å². The molecule has 3 aromatic rings. The number of aromatic nitrogens is 2. The van der Waals surface area contributed by atoms with Crippen LogP contribution in [0.4, 0.5) is 5.69 Å². The van der Waals surface area contributed by atoms with Crippen molar-refractivity contribution in [3.8, 4) is 11.4 Å². The molecular weight excluding hydrogens is 434 g/mol. The lowest BCUT2D eigenvalue weighted by atomic mass is 10.3. The smallest absolute Gasteiger partial charge is 0.296 e. The van der Waals surface area contributed by atoms with E-state index in [1.165, 1.54) is 17.9 Å². The van der Waals surface area contributed by atoms with Gasteiger partial charge >= 0.3 is 0 Å². The summed E-state index contributed by atoms with van der Waals surface area (Å²) in [5.74, 6) is 0.183. The van der Waals surface area contributed by atoms with Gasteiger partial charge in [-0.05, 0) is 37.3 Å². The Labute approximate surface area is 165 Å². The van der Waals surface area contributed by atoms with Crippen molar-refractivity contribution in [3.63, 3.8) is 0 Å². The molecule has 0 bridgehead atoms. The van der Waals surface area contributed by atoms with E-state index in [9.17, 15) is 13.2 Å². The van der Waals surface area contributed by atoms with Crippen LogP contribution in [0.3, 0.4) is 0 Å². The molecule has 0 saturated heterocycles. The molecule has 7 nitrogen and oxygen atoms in total. The molecule has 1 aromatic heterocycles. The third kappa shape index (κ3) is 3.52. The Morgan fingerprint density at radius 3 is 2.41 bits per heavy atom. The number of hydrogen-bond acceptors (Lipinski definition) is 4. The third-order valence-electron chi connectivity index (χ3n) is 4.21. The van der Waals surface area contributed by atoms with E-state index < -0.39 is 15.6 Å². The quantitative estimate of drug-likeness (QED) is 0.645. The zero-order valence-corrected chi connectivity index (χ0v) is 17.3. The summed E-state index contributed by atoms with van der Waals surface area (Å²) < 4.78 is 37.0. The van der Waals surface area contributed by atoms with Gasteiger partial charge in [-0.1, -0.05) is 34.1 Å².